The molecule has 0 unspecified atom stereocenters. The number of carbonyl (C=O) groups excluding carboxylic acids is 1. The van der Waals surface area contributed by atoms with Crippen LogP contribution in [0.25, 0.3) is 10.9 Å². The zero-order valence-corrected chi connectivity index (χ0v) is 17.4. The zero-order chi connectivity index (χ0) is 22.0. The van der Waals surface area contributed by atoms with Crippen molar-refractivity contribution in [1.82, 2.24) is 19.7 Å². The molecule has 0 bridgehead atoms. The van der Waals surface area contributed by atoms with Gasteiger partial charge < -0.3 is 9.88 Å². The fraction of sp³-hybridized carbons (Fsp3) is 0.217. The Bertz CT molecular complexity index is 1260. The molecule has 1 amide bonds. The highest BCUT2D eigenvalue weighted by atomic mass is 16.6. The summed E-state index contributed by atoms with van der Waals surface area (Å²) in [6.45, 7) is 5.63. The summed E-state index contributed by atoms with van der Waals surface area (Å²) >= 11 is 0. The maximum absolute atomic E-state index is 12.6. The number of hydrogen-bond acceptors (Lipinski definition) is 4. The molecule has 0 aliphatic rings. The number of amides is 1. The van der Waals surface area contributed by atoms with Gasteiger partial charge in [-0.25, -0.2) is 0 Å². The van der Waals surface area contributed by atoms with Crippen LogP contribution in [0.2, 0.25) is 0 Å². The van der Waals surface area contributed by atoms with Crippen molar-refractivity contribution in [3.63, 3.8) is 0 Å². The van der Waals surface area contributed by atoms with E-state index < -0.39 is 4.92 Å². The van der Waals surface area contributed by atoms with E-state index in [4.69, 9.17) is 0 Å². The molecule has 31 heavy (non-hydrogen) atoms. The van der Waals surface area contributed by atoms with E-state index in [0.717, 1.165) is 23.0 Å². The SMILES string of the molecule is Cc1c(C)n(Cc2ccccc2)c2ccc(C(=O)NCCn3cc([N+](=O)[O-])cn3)cc12. The van der Waals surface area contributed by atoms with Gasteiger partial charge in [0.05, 0.1) is 11.5 Å². The average molecular weight is 417 g/mol. The van der Waals surface area contributed by atoms with Gasteiger partial charge in [0.15, 0.2) is 0 Å². The lowest BCUT2D eigenvalue weighted by molar-refractivity contribution is -0.385. The van der Waals surface area contributed by atoms with Crippen LogP contribution in [0.4, 0.5) is 5.69 Å². The van der Waals surface area contributed by atoms with Gasteiger partial charge in [0.25, 0.3) is 5.91 Å². The highest BCUT2D eigenvalue weighted by Crippen LogP contribution is 2.27. The smallest absolute Gasteiger partial charge is 0.306 e. The van der Waals surface area contributed by atoms with E-state index in [1.165, 1.54) is 28.3 Å². The molecule has 8 nitrogen and oxygen atoms in total. The maximum Gasteiger partial charge on any atom is 0.306 e. The van der Waals surface area contributed by atoms with Gasteiger partial charge in [0.2, 0.25) is 0 Å². The lowest BCUT2D eigenvalue weighted by atomic mass is 10.1. The lowest BCUT2D eigenvalue weighted by Gasteiger charge is -2.09. The minimum Gasteiger partial charge on any atom is -0.350 e. The number of aromatic nitrogens is 3. The molecule has 0 saturated carbocycles. The third kappa shape index (κ3) is 4.18. The first-order valence-electron chi connectivity index (χ1n) is 10.0. The molecule has 4 aromatic rings. The molecule has 1 N–H and O–H groups in total. The molecule has 2 heterocycles. The second-order valence-corrected chi connectivity index (χ2v) is 7.49. The second kappa shape index (κ2) is 8.43. The van der Waals surface area contributed by atoms with Crippen molar-refractivity contribution in [2.45, 2.75) is 26.9 Å². The number of carbonyl (C=O) groups is 1. The van der Waals surface area contributed by atoms with E-state index in [-0.39, 0.29) is 11.6 Å². The van der Waals surface area contributed by atoms with Gasteiger partial charge in [-0.15, -0.1) is 0 Å². The summed E-state index contributed by atoms with van der Waals surface area (Å²) in [5, 5.41) is 18.6. The quantitative estimate of drug-likeness (QED) is 0.365. The van der Waals surface area contributed by atoms with Gasteiger partial charge in [-0.2, -0.15) is 5.10 Å². The summed E-state index contributed by atoms with van der Waals surface area (Å²) in [6.07, 6.45) is 2.54. The molecule has 4 rings (SSSR count). The van der Waals surface area contributed by atoms with Gasteiger partial charge >= 0.3 is 5.69 Å². The highest BCUT2D eigenvalue weighted by Gasteiger charge is 2.14. The van der Waals surface area contributed by atoms with Crippen LogP contribution in [0.15, 0.2) is 60.9 Å². The van der Waals surface area contributed by atoms with Crippen molar-refractivity contribution >= 4 is 22.5 Å². The Morgan fingerprint density at radius 1 is 1.16 bits per heavy atom. The number of rotatable bonds is 7. The van der Waals surface area contributed by atoms with Gasteiger partial charge in [-0.05, 0) is 43.2 Å². The van der Waals surface area contributed by atoms with Crippen LogP contribution in [0.1, 0.15) is 27.2 Å². The van der Waals surface area contributed by atoms with Crippen LogP contribution in [0.5, 0.6) is 0 Å². The molecule has 8 heteroatoms. The first-order valence-corrected chi connectivity index (χ1v) is 10.0. The Labute approximate surface area is 179 Å². The highest BCUT2D eigenvalue weighted by molar-refractivity contribution is 5.99. The fourth-order valence-corrected chi connectivity index (χ4v) is 3.72. The van der Waals surface area contributed by atoms with E-state index in [2.05, 4.69) is 41.0 Å². The van der Waals surface area contributed by atoms with Gasteiger partial charge in [0.1, 0.15) is 12.4 Å². The monoisotopic (exact) mass is 417 g/mol. The van der Waals surface area contributed by atoms with E-state index in [1.807, 2.05) is 36.4 Å². The largest absolute Gasteiger partial charge is 0.350 e. The Hall–Kier alpha value is -3.94. The minimum atomic E-state index is -0.494. The van der Waals surface area contributed by atoms with Gasteiger partial charge in [0, 0.05) is 35.2 Å². The third-order valence-electron chi connectivity index (χ3n) is 5.54. The van der Waals surface area contributed by atoms with E-state index in [1.54, 1.807) is 0 Å². The Morgan fingerprint density at radius 2 is 1.94 bits per heavy atom. The maximum atomic E-state index is 12.6. The van der Waals surface area contributed by atoms with Crippen molar-refractivity contribution in [2.24, 2.45) is 0 Å². The number of nitrogens with zero attached hydrogens (tertiary/aromatic N) is 4. The van der Waals surface area contributed by atoms with Crippen molar-refractivity contribution < 1.29 is 9.72 Å². The average Bonchev–Trinajstić information content (AvgIpc) is 3.34. The van der Waals surface area contributed by atoms with Crippen LogP contribution in [-0.4, -0.2) is 31.7 Å². The van der Waals surface area contributed by atoms with Crippen molar-refractivity contribution in [3.05, 3.63) is 93.4 Å². The molecule has 2 aromatic carbocycles. The first kappa shape index (κ1) is 20.3. The van der Waals surface area contributed by atoms with Crippen LogP contribution in [0.3, 0.4) is 0 Å². The molecule has 0 aliphatic heterocycles. The number of fused-ring (bicyclic) bond motifs is 1. The summed E-state index contributed by atoms with van der Waals surface area (Å²) in [4.78, 5) is 22.9. The molecule has 0 atom stereocenters. The summed E-state index contributed by atoms with van der Waals surface area (Å²) < 4.78 is 3.71. The van der Waals surface area contributed by atoms with Gasteiger partial charge in [-0.3, -0.25) is 19.6 Å². The molecule has 158 valence electrons. The first-order chi connectivity index (χ1) is 14.9. The number of nitro groups is 1. The predicted molar refractivity (Wildman–Crippen MR) is 118 cm³/mol. The number of hydrogen-bond donors (Lipinski definition) is 1. The molecule has 0 fully saturated rings. The molecule has 0 saturated heterocycles. The Morgan fingerprint density at radius 3 is 2.65 bits per heavy atom. The number of nitrogens with one attached hydrogen (secondary N) is 1. The molecule has 0 radical (unpaired) electrons. The molecular formula is C23H23N5O3. The van der Waals surface area contributed by atoms with Crippen LogP contribution >= 0.6 is 0 Å². The molecule has 0 aliphatic carbocycles. The van der Waals surface area contributed by atoms with Crippen LogP contribution in [-0.2, 0) is 13.1 Å². The predicted octanol–water partition coefficient (Wildman–Crippen LogP) is 3.84. The summed E-state index contributed by atoms with van der Waals surface area (Å²) in [5.41, 5.74) is 5.17. The van der Waals surface area contributed by atoms with E-state index in [9.17, 15) is 14.9 Å². The van der Waals surface area contributed by atoms with Crippen LogP contribution < -0.4 is 5.32 Å². The second-order valence-electron chi connectivity index (χ2n) is 7.49. The summed E-state index contributed by atoms with van der Waals surface area (Å²) in [7, 11) is 0. The topological polar surface area (TPSA) is 95.0 Å². The summed E-state index contributed by atoms with van der Waals surface area (Å²) in [5.74, 6) is -0.184. The molecular weight excluding hydrogens is 394 g/mol. The minimum absolute atomic E-state index is 0.0670. The molecule has 2 aromatic heterocycles. The van der Waals surface area contributed by atoms with Crippen molar-refractivity contribution in [3.8, 4) is 0 Å². The number of benzene rings is 2. The third-order valence-corrected chi connectivity index (χ3v) is 5.54. The molecule has 0 spiro atoms. The lowest BCUT2D eigenvalue weighted by Crippen LogP contribution is -2.27. The van der Waals surface area contributed by atoms with Crippen LogP contribution in [0, 0.1) is 24.0 Å². The van der Waals surface area contributed by atoms with Gasteiger partial charge in [-0.1, -0.05) is 30.3 Å². The fourth-order valence-electron chi connectivity index (χ4n) is 3.72. The van der Waals surface area contributed by atoms with E-state index in [0.29, 0.717) is 18.7 Å². The van der Waals surface area contributed by atoms with Crippen molar-refractivity contribution in [1.29, 1.82) is 0 Å². The van der Waals surface area contributed by atoms with E-state index >= 15 is 0 Å². The Balaban J connectivity index is 1.48. The zero-order valence-electron chi connectivity index (χ0n) is 17.4. The van der Waals surface area contributed by atoms with Crippen molar-refractivity contribution in [2.75, 3.05) is 6.54 Å². The summed E-state index contributed by atoms with van der Waals surface area (Å²) in [6, 6.07) is 16.0. The standard InChI is InChI=1S/C23H23N5O3/c1-16-17(2)27(14-18-6-4-3-5-7-18)22-9-8-19(12-21(16)22)23(29)24-10-11-26-15-20(13-25-26)28(30)31/h3-9,12-13,15H,10-11,14H2,1-2H3,(H,24,29). The normalized spacial score (nSPS) is 11.0. The Kier molecular flexibility index (Phi) is 5.53. The number of aryl methyl sites for hydroxylation is 1.